The van der Waals surface area contributed by atoms with Crippen LogP contribution >= 0.6 is 0 Å². The third kappa shape index (κ3) is 4.02. The molecule has 4 heteroatoms. The van der Waals surface area contributed by atoms with Crippen molar-refractivity contribution in [1.29, 1.82) is 0 Å². The number of halogens is 3. The lowest BCUT2D eigenvalue weighted by Gasteiger charge is -2.27. The molecule has 1 N–H and O–H groups in total. The number of aliphatic hydroxyl groups is 1. The van der Waals surface area contributed by atoms with Gasteiger partial charge in [0.25, 0.3) is 0 Å². The molecular formula is C14H19F3O. The summed E-state index contributed by atoms with van der Waals surface area (Å²) in [5.74, 6) is 0. The van der Waals surface area contributed by atoms with Gasteiger partial charge in [-0.1, -0.05) is 32.4 Å². The maximum atomic E-state index is 12.4. The van der Waals surface area contributed by atoms with E-state index in [9.17, 15) is 18.3 Å². The molecule has 1 aromatic carbocycles. The van der Waals surface area contributed by atoms with E-state index in [4.69, 9.17) is 0 Å². The summed E-state index contributed by atoms with van der Waals surface area (Å²) in [5, 5.41) is 9.38. The van der Waals surface area contributed by atoms with E-state index >= 15 is 0 Å². The SMILES string of the molecule is CCCC(C)(CO)Cc1ccc(C(F)(F)F)cc1. The number of alkyl halides is 3. The molecule has 0 fully saturated rings. The van der Waals surface area contributed by atoms with E-state index in [1.54, 1.807) is 0 Å². The van der Waals surface area contributed by atoms with Crippen LogP contribution in [0.4, 0.5) is 13.2 Å². The average molecular weight is 260 g/mol. The molecule has 0 spiro atoms. The van der Waals surface area contributed by atoms with E-state index in [0.717, 1.165) is 30.5 Å². The summed E-state index contributed by atoms with van der Waals surface area (Å²) in [7, 11) is 0. The van der Waals surface area contributed by atoms with Crippen molar-refractivity contribution in [1.82, 2.24) is 0 Å². The van der Waals surface area contributed by atoms with E-state index in [2.05, 4.69) is 0 Å². The quantitative estimate of drug-likeness (QED) is 0.847. The van der Waals surface area contributed by atoms with Crippen molar-refractivity contribution in [3.05, 3.63) is 35.4 Å². The fourth-order valence-corrected chi connectivity index (χ4v) is 2.13. The second-order valence-electron chi connectivity index (χ2n) is 5.09. The molecule has 102 valence electrons. The monoisotopic (exact) mass is 260 g/mol. The lowest BCUT2D eigenvalue weighted by atomic mass is 9.80. The topological polar surface area (TPSA) is 20.2 Å². The minimum Gasteiger partial charge on any atom is -0.396 e. The molecule has 0 heterocycles. The van der Waals surface area contributed by atoms with Gasteiger partial charge in [0.05, 0.1) is 5.56 Å². The van der Waals surface area contributed by atoms with E-state index in [1.807, 2.05) is 13.8 Å². The summed E-state index contributed by atoms with van der Waals surface area (Å²) < 4.78 is 37.2. The first kappa shape index (κ1) is 15.0. The van der Waals surface area contributed by atoms with Crippen LogP contribution in [0.15, 0.2) is 24.3 Å². The average Bonchev–Trinajstić information content (AvgIpc) is 2.29. The van der Waals surface area contributed by atoms with Gasteiger partial charge in [0.1, 0.15) is 0 Å². The van der Waals surface area contributed by atoms with Crippen LogP contribution in [-0.4, -0.2) is 11.7 Å². The third-order valence-electron chi connectivity index (χ3n) is 3.15. The molecule has 1 nitrogen and oxygen atoms in total. The molecule has 1 unspecified atom stereocenters. The third-order valence-corrected chi connectivity index (χ3v) is 3.15. The van der Waals surface area contributed by atoms with Crippen molar-refractivity contribution >= 4 is 0 Å². The van der Waals surface area contributed by atoms with Crippen LogP contribution in [0, 0.1) is 5.41 Å². The van der Waals surface area contributed by atoms with Gasteiger partial charge >= 0.3 is 6.18 Å². The van der Waals surface area contributed by atoms with Crippen LogP contribution in [-0.2, 0) is 12.6 Å². The Kier molecular flexibility index (Phi) is 4.79. The zero-order valence-corrected chi connectivity index (χ0v) is 10.7. The Hall–Kier alpha value is -1.03. The van der Waals surface area contributed by atoms with Gasteiger partial charge in [0, 0.05) is 6.61 Å². The van der Waals surface area contributed by atoms with Crippen LogP contribution in [0.25, 0.3) is 0 Å². The van der Waals surface area contributed by atoms with Gasteiger partial charge in [-0.15, -0.1) is 0 Å². The molecule has 1 rings (SSSR count). The van der Waals surface area contributed by atoms with Crippen molar-refractivity contribution in [2.45, 2.75) is 39.3 Å². The summed E-state index contributed by atoms with van der Waals surface area (Å²) in [6.07, 6.45) is -1.90. The van der Waals surface area contributed by atoms with Crippen molar-refractivity contribution in [2.75, 3.05) is 6.61 Å². The van der Waals surface area contributed by atoms with E-state index in [-0.39, 0.29) is 12.0 Å². The van der Waals surface area contributed by atoms with Crippen molar-refractivity contribution in [3.63, 3.8) is 0 Å². The number of aliphatic hydroxyl groups excluding tert-OH is 1. The second-order valence-corrected chi connectivity index (χ2v) is 5.09. The number of rotatable bonds is 5. The maximum Gasteiger partial charge on any atom is 0.416 e. The molecule has 1 atom stereocenters. The fraction of sp³-hybridized carbons (Fsp3) is 0.571. The lowest BCUT2D eigenvalue weighted by Crippen LogP contribution is -2.24. The Morgan fingerprint density at radius 3 is 2.06 bits per heavy atom. The highest BCUT2D eigenvalue weighted by Gasteiger charge is 2.30. The Morgan fingerprint density at radius 1 is 1.11 bits per heavy atom. The molecule has 18 heavy (non-hydrogen) atoms. The molecule has 0 aliphatic carbocycles. The molecule has 0 amide bonds. The first-order valence-electron chi connectivity index (χ1n) is 6.08. The van der Waals surface area contributed by atoms with Gasteiger partial charge in [-0.3, -0.25) is 0 Å². The summed E-state index contributed by atoms with van der Waals surface area (Å²) in [4.78, 5) is 0. The summed E-state index contributed by atoms with van der Waals surface area (Å²) in [6, 6.07) is 5.18. The smallest absolute Gasteiger partial charge is 0.396 e. The summed E-state index contributed by atoms with van der Waals surface area (Å²) in [6.45, 7) is 4.02. The van der Waals surface area contributed by atoms with Gasteiger partial charge in [-0.25, -0.2) is 0 Å². The van der Waals surface area contributed by atoms with Gasteiger partial charge in [-0.2, -0.15) is 13.2 Å². The predicted octanol–water partition coefficient (Wildman–Crippen LogP) is 4.05. The normalized spacial score (nSPS) is 15.4. The van der Waals surface area contributed by atoms with Crippen LogP contribution < -0.4 is 0 Å². The largest absolute Gasteiger partial charge is 0.416 e. The van der Waals surface area contributed by atoms with E-state index in [0.29, 0.717) is 6.42 Å². The highest BCUT2D eigenvalue weighted by Crippen LogP contribution is 2.31. The molecule has 0 aliphatic rings. The van der Waals surface area contributed by atoms with Crippen LogP contribution in [0.5, 0.6) is 0 Å². The zero-order chi connectivity index (χ0) is 13.8. The first-order valence-corrected chi connectivity index (χ1v) is 6.08. The van der Waals surface area contributed by atoms with Gasteiger partial charge in [-0.05, 0) is 36.0 Å². The lowest BCUT2D eigenvalue weighted by molar-refractivity contribution is -0.137. The molecule has 0 saturated carbocycles. The van der Waals surface area contributed by atoms with Crippen molar-refractivity contribution in [2.24, 2.45) is 5.41 Å². The highest BCUT2D eigenvalue weighted by atomic mass is 19.4. The number of hydrogen-bond acceptors (Lipinski definition) is 1. The minimum atomic E-state index is -4.29. The van der Waals surface area contributed by atoms with E-state index < -0.39 is 11.7 Å². The molecule has 1 aromatic rings. The van der Waals surface area contributed by atoms with Crippen LogP contribution in [0.1, 0.15) is 37.8 Å². The summed E-state index contributed by atoms with van der Waals surface area (Å²) in [5.41, 5.74) is -0.0606. The van der Waals surface area contributed by atoms with Gasteiger partial charge in [0.15, 0.2) is 0 Å². The van der Waals surface area contributed by atoms with Crippen molar-refractivity contribution in [3.8, 4) is 0 Å². The maximum absolute atomic E-state index is 12.4. The van der Waals surface area contributed by atoms with Crippen LogP contribution in [0.2, 0.25) is 0 Å². The molecular weight excluding hydrogens is 241 g/mol. The van der Waals surface area contributed by atoms with Gasteiger partial charge < -0.3 is 5.11 Å². The number of benzene rings is 1. The second kappa shape index (κ2) is 5.74. The molecule has 0 aliphatic heterocycles. The Labute approximate surface area is 106 Å². The first-order chi connectivity index (χ1) is 8.30. The molecule has 0 aromatic heterocycles. The number of hydrogen-bond donors (Lipinski definition) is 1. The summed E-state index contributed by atoms with van der Waals surface area (Å²) >= 11 is 0. The Morgan fingerprint density at radius 2 is 1.67 bits per heavy atom. The van der Waals surface area contributed by atoms with E-state index in [1.165, 1.54) is 12.1 Å². The molecule has 0 saturated heterocycles. The Bertz CT molecular complexity index is 370. The Balaban J connectivity index is 2.80. The van der Waals surface area contributed by atoms with Crippen molar-refractivity contribution < 1.29 is 18.3 Å². The van der Waals surface area contributed by atoms with Gasteiger partial charge in [0.2, 0.25) is 0 Å². The predicted molar refractivity (Wildman–Crippen MR) is 65.2 cm³/mol. The zero-order valence-electron chi connectivity index (χ0n) is 10.7. The minimum absolute atomic E-state index is 0.0435. The standard InChI is InChI=1S/C14H19F3O/c1-3-8-13(2,10-18)9-11-4-6-12(7-5-11)14(15,16)17/h4-7,18H,3,8-10H2,1-2H3. The fourth-order valence-electron chi connectivity index (χ4n) is 2.13. The van der Waals surface area contributed by atoms with Crippen LogP contribution in [0.3, 0.4) is 0 Å². The highest BCUT2D eigenvalue weighted by molar-refractivity contribution is 5.25. The molecule has 0 bridgehead atoms. The molecule has 0 radical (unpaired) electrons.